The molecule has 0 radical (unpaired) electrons. The normalized spacial score (nSPS) is 35.9. The average Bonchev–Trinajstić information content (AvgIpc) is 2.38. The zero-order valence-corrected chi connectivity index (χ0v) is 12.2. The number of hydrogen-bond acceptors (Lipinski definition) is 5. The second kappa shape index (κ2) is 5.38. The third kappa shape index (κ3) is 3.09. The lowest BCUT2D eigenvalue weighted by atomic mass is 9.78. The van der Waals surface area contributed by atoms with Gasteiger partial charge in [0.1, 0.15) is 0 Å². The Hall–Kier alpha value is -0.660. The summed E-state index contributed by atoms with van der Waals surface area (Å²) in [7, 11) is -1.08. The van der Waals surface area contributed by atoms with Crippen LogP contribution in [-0.4, -0.2) is 62.4 Å². The quantitative estimate of drug-likeness (QED) is 0.702. The fourth-order valence-electron chi connectivity index (χ4n) is 3.22. The molecule has 2 unspecified atom stereocenters. The fourth-order valence-corrected chi connectivity index (χ4v) is 4.45. The Labute approximate surface area is 114 Å². The molecule has 0 bridgehead atoms. The summed E-state index contributed by atoms with van der Waals surface area (Å²) >= 11 is 0. The van der Waals surface area contributed by atoms with E-state index in [0.29, 0.717) is 19.5 Å². The van der Waals surface area contributed by atoms with Crippen LogP contribution in [0.4, 0.5) is 0 Å². The van der Waals surface area contributed by atoms with Gasteiger partial charge < -0.3 is 11.1 Å². The number of hydrogen-bond donors (Lipinski definition) is 2. The molecule has 0 spiro atoms. The van der Waals surface area contributed by atoms with E-state index in [1.165, 1.54) is 0 Å². The molecule has 110 valence electrons. The number of nitrogens with one attached hydrogen (secondary N) is 1. The molecule has 1 heterocycles. The van der Waals surface area contributed by atoms with Crippen LogP contribution in [0.25, 0.3) is 0 Å². The Morgan fingerprint density at radius 3 is 2.53 bits per heavy atom. The van der Waals surface area contributed by atoms with Crippen molar-refractivity contribution < 1.29 is 13.2 Å². The molecule has 2 aliphatic rings. The summed E-state index contributed by atoms with van der Waals surface area (Å²) in [4.78, 5) is 13.9. The Bertz CT molecular complexity index is 437. The van der Waals surface area contributed by atoms with Crippen molar-refractivity contribution >= 4 is 15.7 Å². The van der Waals surface area contributed by atoms with Gasteiger partial charge in [-0.2, -0.15) is 0 Å². The second-order valence-corrected chi connectivity index (χ2v) is 7.94. The monoisotopic (exact) mass is 289 g/mol. The van der Waals surface area contributed by atoms with Gasteiger partial charge >= 0.3 is 0 Å². The number of amides is 1. The summed E-state index contributed by atoms with van der Waals surface area (Å²) in [5.41, 5.74) is 4.91. The van der Waals surface area contributed by atoms with E-state index in [4.69, 9.17) is 5.73 Å². The molecular weight excluding hydrogens is 266 g/mol. The minimum atomic E-state index is -2.85. The molecule has 0 aromatic heterocycles. The van der Waals surface area contributed by atoms with Crippen LogP contribution in [0.2, 0.25) is 0 Å². The van der Waals surface area contributed by atoms with Crippen molar-refractivity contribution in [3.05, 3.63) is 0 Å². The number of carbonyl (C=O) groups excluding carboxylic acids is 1. The first-order valence-electron chi connectivity index (χ1n) is 6.82. The largest absolute Gasteiger partial charge is 0.368 e. The molecule has 1 aliphatic carbocycles. The average molecular weight is 289 g/mol. The molecule has 0 aromatic rings. The molecule has 19 heavy (non-hydrogen) atoms. The summed E-state index contributed by atoms with van der Waals surface area (Å²) in [5.74, 6) is 0.156. The molecule has 7 heteroatoms. The number of primary amides is 1. The van der Waals surface area contributed by atoms with Gasteiger partial charge in [-0.15, -0.1) is 0 Å². The van der Waals surface area contributed by atoms with Crippen molar-refractivity contribution in [3.63, 3.8) is 0 Å². The van der Waals surface area contributed by atoms with Crippen molar-refractivity contribution in [1.29, 1.82) is 0 Å². The van der Waals surface area contributed by atoms with Crippen LogP contribution in [0.1, 0.15) is 25.7 Å². The van der Waals surface area contributed by atoms with Gasteiger partial charge in [-0.05, 0) is 32.7 Å². The summed E-state index contributed by atoms with van der Waals surface area (Å²) in [5, 5.41) is 3.08. The molecule has 2 fully saturated rings. The molecular formula is C12H23N3O3S. The van der Waals surface area contributed by atoms with Gasteiger partial charge in [0.05, 0.1) is 17.0 Å². The maximum atomic E-state index is 11.7. The van der Waals surface area contributed by atoms with Crippen molar-refractivity contribution in [2.24, 2.45) is 5.73 Å². The third-order valence-corrected chi connectivity index (χ3v) is 6.18. The molecule has 2 rings (SSSR count). The summed E-state index contributed by atoms with van der Waals surface area (Å²) in [6.07, 6.45) is 3.40. The second-order valence-electron chi connectivity index (χ2n) is 5.63. The van der Waals surface area contributed by atoms with Gasteiger partial charge in [0.15, 0.2) is 9.84 Å². The zero-order valence-electron chi connectivity index (χ0n) is 11.4. The van der Waals surface area contributed by atoms with E-state index in [1.807, 2.05) is 0 Å². The maximum Gasteiger partial charge on any atom is 0.237 e. The molecule has 0 aromatic carbocycles. The smallest absolute Gasteiger partial charge is 0.237 e. The van der Waals surface area contributed by atoms with Gasteiger partial charge in [0.25, 0.3) is 0 Å². The molecule has 6 nitrogen and oxygen atoms in total. The van der Waals surface area contributed by atoms with Crippen LogP contribution < -0.4 is 11.1 Å². The van der Waals surface area contributed by atoms with Crippen molar-refractivity contribution in [2.75, 3.05) is 31.6 Å². The van der Waals surface area contributed by atoms with E-state index in [0.717, 1.165) is 19.3 Å². The van der Waals surface area contributed by atoms with Crippen LogP contribution in [0.5, 0.6) is 0 Å². The van der Waals surface area contributed by atoms with Crippen LogP contribution in [0, 0.1) is 0 Å². The van der Waals surface area contributed by atoms with Crippen molar-refractivity contribution in [2.45, 2.75) is 37.3 Å². The molecule has 1 saturated carbocycles. The number of nitrogens with two attached hydrogens (primary N) is 1. The highest BCUT2D eigenvalue weighted by Gasteiger charge is 2.42. The first kappa shape index (κ1) is 14.7. The molecule has 1 saturated heterocycles. The number of sulfone groups is 1. The van der Waals surface area contributed by atoms with E-state index < -0.39 is 15.4 Å². The summed E-state index contributed by atoms with van der Waals surface area (Å²) < 4.78 is 22.9. The topological polar surface area (TPSA) is 92.5 Å². The molecule has 2 atom stereocenters. The summed E-state index contributed by atoms with van der Waals surface area (Å²) in [6.45, 7) is 1.15. The van der Waals surface area contributed by atoms with E-state index in [2.05, 4.69) is 10.2 Å². The number of nitrogens with zero attached hydrogens (tertiary/aromatic N) is 1. The van der Waals surface area contributed by atoms with Gasteiger partial charge in [0.2, 0.25) is 5.91 Å². The lowest BCUT2D eigenvalue weighted by Gasteiger charge is -2.44. The van der Waals surface area contributed by atoms with Crippen molar-refractivity contribution in [3.8, 4) is 0 Å². The maximum absolute atomic E-state index is 11.7. The van der Waals surface area contributed by atoms with Crippen LogP contribution in [0.15, 0.2) is 0 Å². The fraction of sp³-hybridized carbons (Fsp3) is 0.917. The van der Waals surface area contributed by atoms with Crippen LogP contribution in [-0.2, 0) is 14.6 Å². The number of carbonyl (C=O) groups is 1. The Kier molecular flexibility index (Phi) is 4.17. The minimum Gasteiger partial charge on any atom is -0.368 e. The van der Waals surface area contributed by atoms with E-state index in [-0.39, 0.29) is 23.5 Å². The third-order valence-electron chi connectivity index (χ3n) is 4.57. The highest BCUT2D eigenvalue weighted by Crippen LogP contribution is 2.31. The zero-order chi connectivity index (χ0) is 14.1. The molecule has 1 aliphatic heterocycles. The van der Waals surface area contributed by atoms with Crippen LogP contribution >= 0.6 is 0 Å². The first-order chi connectivity index (χ1) is 8.88. The number of likely N-dealkylation sites (N-methyl/N-ethyl adjacent to an activating group) is 1. The van der Waals surface area contributed by atoms with E-state index >= 15 is 0 Å². The van der Waals surface area contributed by atoms with Gasteiger partial charge in [-0.25, -0.2) is 8.42 Å². The molecule has 1 amide bonds. The van der Waals surface area contributed by atoms with Gasteiger partial charge in [0, 0.05) is 19.1 Å². The Balaban J connectivity index is 2.04. The lowest BCUT2D eigenvalue weighted by Crippen LogP contribution is -2.60. The van der Waals surface area contributed by atoms with Gasteiger partial charge in [-0.1, -0.05) is 0 Å². The SMILES string of the molecule is CNC1(C(N)=O)CCCC(N2CCS(=O)(=O)CC2)C1. The predicted octanol–water partition coefficient (Wildman–Crippen LogP) is -0.897. The minimum absolute atomic E-state index is 0.229. The van der Waals surface area contributed by atoms with Crippen molar-refractivity contribution in [1.82, 2.24) is 10.2 Å². The Morgan fingerprint density at radius 2 is 2.00 bits per heavy atom. The lowest BCUT2D eigenvalue weighted by molar-refractivity contribution is -0.126. The first-order valence-corrected chi connectivity index (χ1v) is 8.64. The van der Waals surface area contributed by atoms with Crippen LogP contribution in [0.3, 0.4) is 0 Å². The Morgan fingerprint density at radius 1 is 1.37 bits per heavy atom. The van der Waals surface area contributed by atoms with E-state index in [9.17, 15) is 13.2 Å². The van der Waals surface area contributed by atoms with Gasteiger partial charge in [-0.3, -0.25) is 9.69 Å². The highest BCUT2D eigenvalue weighted by molar-refractivity contribution is 7.91. The highest BCUT2D eigenvalue weighted by atomic mass is 32.2. The molecule has 3 N–H and O–H groups in total. The predicted molar refractivity (Wildman–Crippen MR) is 73.5 cm³/mol. The standard InChI is InChI=1S/C12H23N3O3S/c1-14-12(11(13)16)4-2-3-10(9-12)15-5-7-19(17,18)8-6-15/h10,14H,2-9H2,1H3,(H2,13,16). The van der Waals surface area contributed by atoms with E-state index in [1.54, 1.807) is 7.05 Å². The summed E-state index contributed by atoms with van der Waals surface area (Å²) in [6, 6.07) is 0.254. The number of rotatable bonds is 3.